The van der Waals surface area contributed by atoms with Gasteiger partial charge in [-0.2, -0.15) is 0 Å². The molecule has 2 aromatic rings. The molecule has 154 valence electrons. The third-order valence-corrected chi connectivity index (χ3v) is 4.23. The van der Waals surface area contributed by atoms with Gasteiger partial charge in [-0.25, -0.2) is 8.78 Å². The van der Waals surface area contributed by atoms with E-state index in [1.807, 2.05) is 6.92 Å². The van der Waals surface area contributed by atoms with Gasteiger partial charge in [0.2, 0.25) is 0 Å². The second-order valence-corrected chi connectivity index (χ2v) is 5.99. The lowest BCUT2D eigenvalue weighted by Crippen LogP contribution is -2.40. The van der Waals surface area contributed by atoms with E-state index in [1.54, 1.807) is 38.4 Å². The van der Waals surface area contributed by atoms with Crippen molar-refractivity contribution in [3.63, 3.8) is 0 Å². The molecule has 2 rings (SSSR count). The van der Waals surface area contributed by atoms with Gasteiger partial charge in [0, 0.05) is 20.7 Å². The minimum Gasteiger partial charge on any atom is -0.494 e. The molecule has 28 heavy (non-hydrogen) atoms. The molecule has 0 saturated carbocycles. The first-order chi connectivity index (χ1) is 13.0. The van der Waals surface area contributed by atoms with Crippen molar-refractivity contribution in [1.82, 2.24) is 10.6 Å². The Morgan fingerprint density at radius 2 is 1.71 bits per heavy atom. The van der Waals surface area contributed by atoms with Gasteiger partial charge in [-0.1, -0.05) is 18.2 Å². The van der Waals surface area contributed by atoms with E-state index in [0.717, 1.165) is 11.1 Å². The second-order valence-electron chi connectivity index (χ2n) is 5.99. The zero-order chi connectivity index (χ0) is 19.8. The largest absolute Gasteiger partial charge is 0.494 e. The molecule has 0 spiro atoms. The Morgan fingerprint density at radius 1 is 1.07 bits per heavy atom. The van der Waals surface area contributed by atoms with Crippen molar-refractivity contribution in [2.45, 2.75) is 19.1 Å². The molecule has 0 radical (unpaired) electrons. The minimum absolute atomic E-state index is 0. The fourth-order valence-electron chi connectivity index (χ4n) is 2.64. The van der Waals surface area contributed by atoms with Crippen LogP contribution >= 0.6 is 24.0 Å². The normalized spacial score (nSPS) is 13.3. The van der Waals surface area contributed by atoms with Crippen LogP contribution < -0.4 is 15.4 Å². The number of nitrogens with one attached hydrogen (secondary N) is 2. The van der Waals surface area contributed by atoms with Gasteiger partial charge in [0.15, 0.2) is 17.5 Å². The summed E-state index contributed by atoms with van der Waals surface area (Å²) in [5.74, 6) is 0.0421. The summed E-state index contributed by atoms with van der Waals surface area (Å²) in [5, 5.41) is 6.38. The van der Waals surface area contributed by atoms with Gasteiger partial charge in [0.25, 0.3) is 0 Å². The molecular formula is C20H26F2IN3O2. The van der Waals surface area contributed by atoms with Crippen LogP contribution in [0.4, 0.5) is 8.78 Å². The summed E-state index contributed by atoms with van der Waals surface area (Å²) in [6.07, 6.45) is -0.266. The number of hydrogen-bond donors (Lipinski definition) is 2. The molecule has 8 heteroatoms. The summed E-state index contributed by atoms with van der Waals surface area (Å²) in [5.41, 5.74) is 1.62. The summed E-state index contributed by atoms with van der Waals surface area (Å²) in [6, 6.07) is 10.8. The maximum absolute atomic E-state index is 13.9. The quantitative estimate of drug-likeness (QED) is 0.337. The van der Waals surface area contributed by atoms with Crippen molar-refractivity contribution in [1.29, 1.82) is 0 Å². The minimum atomic E-state index is -0.414. The lowest BCUT2D eigenvalue weighted by molar-refractivity contribution is 0.106. The maximum atomic E-state index is 13.9. The molecule has 2 unspecified atom stereocenters. The number of guanidine groups is 1. The number of methoxy groups -OCH3 is 2. The highest BCUT2D eigenvalue weighted by Gasteiger charge is 2.14. The summed E-state index contributed by atoms with van der Waals surface area (Å²) >= 11 is 0. The molecule has 2 N–H and O–H groups in total. The van der Waals surface area contributed by atoms with Crippen LogP contribution in [0.5, 0.6) is 5.75 Å². The monoisotopic (exact) mass is 505 g/mol. The van der Waals surface area contributed by atoms with E-state index in [2.05, 4.69) is 15.6 Å². The predicted octanol–water partition coefficient (Wildman–Crippen LogP) is 4.21. The molecule has 0 aromatic heterocycles. The molecule has 5 nitrogen and oxygen atoms in total. The summed E-state index contributed by atoms with van der Waals surface area (Å²) < 4.78 is 37.4. The Hall–Kier alpha value is -1.94. The molecule has 0 aliphatic rings. The lowest BCUT2D eigenvalue weighted by Gasteiger charge is -2.21. The zero-order valence-corrected chi connectivity index (χ0v) is 18.7. The molecule has 0 amide bonds. The van der Waals surface area contributed by atoms with E-state index in [9.17, 15) is 8.78 Å². The van der Waals surface area contributed by atoms with Crippen LogP contribution in [0.2, 0.25) is 0 Å². The summed E-state index contributed by atoms with van der Waals surface area (Å²) in [4.78, 5) is 4.18. The molecule has 2 atom stereocenters. The average molecular weight is 505 g/mol. The van der Waals surface area contributed by atoms with Crippen molar-refractivity contribution >= 4 is 29.9 Å². The number of halogens is 3. The SMILES string of the molecule is CN=C(NCC(OC)c1ccc(F)cc1)NC(C)c1ccc(OC)c(F)c1.I. The number of ether oxygens (including phenoxy) is 2. The zero-order valence-electron chi connectivity index (χ0n) is 16.3. The first-order valence-electron chi connectivity index (χ1n) is 8.57. The standard InChI is InChI=1S/C20H25F2N3O2.HI/c1-13(15-7-10-18(26-3)17(22)11-15)25-20(23-2)24-12-19(27-4)14-5-8-16(21)9-6-14;/h5-11,13,19H,12H2,1-4H3,(H2,23,24,25);1H. The van der Waals surface area contributed by atoms with Gasteiger partial charge in [-0.15, -0.1) is 24.0 Å². The van der Waals surface area contributed by atoms with Crippen LogP contribution in [0.25, 0.3) is 0 Å². The number of rotatable bonds is 7. The predicted molar refractivity (Wildman–Crippen MR) is 117 cm³/mol. The number of benzene rings is 2. The highest BCUT2D eigenvalue weighted by Crippen LogP contribution is 2.21. The third-order valence-electron chi connectivity index (χ3n) is 4.23. The van der Waals surface area contributed by atoms with Gasteiger partial charge < -0.3 is 20.1 Å². The van der Waals surface area contributed by atoms with Crippen LogP contribution in [0.1, 0.15) is 30.2 Å². The first kappa shape index (κ1) is 24.1. The highest BCUT2D eigenvalue weighted by molar-refractivity contribution is 14.0. The summed E-state index contributed by atoms with van der Waals surface area (Å²) in [7, 11) is 4.67. The average Bonchev–Trinajstić information content (AvgIpc) is 2.68. The van der Waals surface area contributed by atoms with Crippen molar-refractivity contribution in [3.05, 3.63) is 65.2 Å². The molecule has 0 saturated heterocycles. The Labute approximate surface area is 181 Å². The van der Waals surface area contributed by atoms with Crippen LogP contribution in [0, 0.1) is 11.6 Å². The van der Waals surface area contributed by atoms with Gasteiger partial charge in [0.05, 0.1) is 19.3 Å². The molecule has 0 heterocycles. The Morgan fingerprint density at radius 3 is 2.25 bits per heavy atom. The lowest BCUT2D eigenvalue weighted by atomic mass is 10.1. The maximum Gasteiger partial charge on any atom is 0.191 e. The molecule has 0 aliphatic carbocycles. The molecule has 0 aliphatic heterocycles. The van der Waals surface area contributed by atoms with E-state index >= 15 is 0 Å². The van der Waals surface area contributed by atoms with Gasteiger partial charge in [0.1, 0.15) is 5.82 Å². The van der Waals surface area contributed by atoms with E-state index < -0.39 is 5.82 Å². The summed E-state index contributed by atoms with van der Waals surface area (Å²) in [6.45, 7) is 2.34. The first-order valence-corrected chi connectivity index (χ1v) is 8.57. The Kier molecular flexibility index (Phi) is 10.2. The van der Waals surface area contributed by atoms with Crippen molar-refractivity contribution in [2.75, 3.05) is 27.8 Å². The van der Waals surface area contributed by atoms with Crippen LogP contribution in [-0.4, -0.2) is 33.8 Å². The Balaban J connectivity index is 0.00000392. The van der Waals surface area contributed by atoms with Gasteiger partial charge in [-0.05, 0) is 42.3 Å². The van der Waals surface area contributed by atoms with E-state index in [0.29, 0.717) is 12.5 Å². The Bertz CT molecular complexity index is 773. The van der Waals surface area contributed by atoms with Crippen molar-refractivity contribution < 1.29 is 18.3 Å². The van der Waals surface area contributed by atoms with Crippen LogP contribution in [0.3, 0.4) is 0 Å². The number of aliphatic imine (C=N–C) groups is 1. The smallest absolute Gasteiger partial charge is 0.191 e. The molecular weight excluding hydrogens is 479 g/mol. The number of hydrogen-bond acceptors (Lipinski definition) is 3. The van der Waals surface area contributed by atoms with Crippen LogP contribution in [-0.2, 0) is 4.74 Å². The van der Waals surface area contributed by atoms with E-state index in [4.69, 9.17) is 9.47 Å². The topological polar surface area (TPSA) is 54.9 Å². The van der Waals surface area contributed by atoms with Crippen molar-refractivity contribution in [2.24, 2.45) is 4.99 Å². The molecule has 0 fully saturated rings. The van der Waals surface area contributed by atoms with E-state index in [-0.39, 0.29) is 47.7 Å². The highest BCUT2D eigenvalue weighted by atomic mass is 127. The number of nitrogens with zero attached hydrogens (tertiary/aromatic N) is 1. The van der Waals surface area contributed by atoms with Gasteiger partial charge >= 0.3 is 0 Å². The van der Waals surface area contributed by atoms with E-state index in [1.165, 1.54) is 25.3 Å². The molecule has 2 aromatic carbocycles. The van der Waals surface area contributed by atoms with Gasteiger partial charge in [-0.3, -0.25) is 4.99 Å². The molecule has 0 bridgehead atoms. The van der Waals surface area contributed by atoms with Crippen molar-refractivity contribution in [3.8, 4) is 5.75 Å². The fraction of sp³-hybridized carbons (Fsp3) is 0.350. The second kappa shape index (κ2) is 11.8. The third kappa shape index (κ3) is 6.59. The fourth-order valence-corrected chi connectivity index (χ4v) is 2.64. The van der Waals surface area contributed by atoms with Crippen LogP contribution in [0.15, 0.2) is 47.5 Å².